The van der Waals surface area contributed by atoms with Gasteiger partial charge in [0.15, 0.2) is 0 Å². The van der Waals surface area contributed by atoms with Crippen molar-refractivity contribution < 1.29 is 0 Å². The molecule has 3 heteroatoms. The normalized spacial score (nSPS) is 12.5. The summed E-state index contributed by atoms with van der Waals surface area (Å²) in [5.41, 5.74) is 2.72. The quantitative estimate of drug-likeness (QED) is 0.245. The van der Waals surface area contributed by atoms with Gasteiger partial charge in [-0.1, -0.05) is 60.7 Å². The second-order valence-electron chi connectivity index (χ2n) is 7.43. The number of fused-ring (bicyclic) bond motifs is 11. The first kappa shape index (κ1) is 15.1. The van der Waals surface area contributed by atoms with Crippen LogP contribution in [-0.4, -0.2) is 4.57 Å². The minimum Gasteiger partial charge on any atom is -0.341 e. The minimum absolute atomic E-state index is 1.36. The van der Waals surface area contributed by atoms with E-state index in [0.717, 1.165) is 0 Å². The van der Waals surface area contributed by atoms with Gasteiger partial charge in [0.2, 0.25) is 0 Å². The second kappa shape index (κ2) is 5.13. The van der Waals surface area contributed by atoms with Crippen LogP contribution in [0.4, 0.5) is 0 Å². The van der Waals surface area contributed by atoms with Crippen molar-refractivity contribution in [3.8, 4) is 0 Å². The Kier molecular flexibility index (Phi) is 2.77. The first-order valence-corrected chi connectivity index (χ1v) is 11.1. The molecule has 7 aromatic rings. The molecule has 1 nitrogen and oxygen atoms in total. The van der Waals surface area contributed by atoms with E-state index in [1.165, 1.54) is 62.2 Å². The van der Waals surface area contributed by atoms with Crippen LogP contribution in [-0.2, 0) is 7.05 Å². The van der Waals surface area contributed by atoms with Crippen LogP contribution in [0.3, 0.4) is 0 Å². The number of aromatic nitrogens is 1. The van der Waals surface area contributed by atoms with Crippen LogP contribution >= 0.6 is 22.7 Å². The molecule has 3 aromatic heterocycles. The van der Waals surface area contributed by atoms with Gasteiger partial charge < -0.3 is 4.57 Å². The lowest BCUT2D eigenvalue weighted by molar-refractivity contribution is 1.02. The lowest BCUT2D eigenvalue weighted by Crippen LogP contribution is -1.86. The number of nitrogens with zero attached hydrogens (tertiary/aromatic N) is 1. The van der Waals surface area contributed by atoms with Gasteiger partial charge in [0, 0.05) is 48.8 Å². The summed E-state index contributed by atoms with van der Waals surface area (Å²) in [5, 5.41) is 8.17. The largest absolute Gasteiger partial charge is 0.341 e. The Labute approximate surface area is 169 Å². The van der Waals surface area contributed by atoms with E-state index in [-0.39, 0.29) is 0 Å². The predicted molar refractivity (Wildman–Crippen MR) is 126 cm³/mol. The summed E-state index contributed by atoms with van der Waals surface area (Å²) in [7, 11) is 2.23. The molecule has 0 bridgehead atoms. The molecule has 28 heavy (non-hydrogen) atoms. The number of benzene rings is 4. The standard InChI is InChI=1S/C25H15NS2/c1-26-22-16(10-12-18-14-6-2-4-8-20(14)27-24(18)22)17-11-13-19-15-7-3-5-9-21(15)28-25(19)23(17)26/h2-13H,1H3. The molecule has 7 rings (SSSR count). The highest BCUT2D eigenvalue weighted by Crippen LogP contribution is 2.45. The van der Waals surface area contributed by atoms with E-state index < -0.39 is 0 Å². The van der Waals surface area contributed by atoms with E-state index >= 15 is 0 Å². The van der Waals surface area contributed by atoms with Gasteiger partial charge >= 0.3 is 0 Å². The van der Waals surface area contributed by atoms with Crippen molar-refractivity contribution in [2.24, 2.45) is 7.05 Å². The SMILES string of the molecule is Cn1c2c(ccc3c4ccccc4sc32)c2ccc3c4ccccc4sc3c21. The highest BCUT2D eigenvalue weighted by atomic mass is 32.1. The van der Waals surface area contributed by atoms with Gasteiger partial charge in [-0.05, 0) is 12.1 Å². The molecular formula is C25H15NS2. The molecule has 0 radical (unpaired) electrons. The van der Waals surface area contributed by atoms with Crippen LogP contribution in [0.5, 0.6) is 0 Å². The van der Waals surface area contributed by atoms with Crippen molar-refractivity contribution in [1.82, 2.24) is 4.57 Å². The highest BCUT2D eigenvalue weighted by Gasteiger charge is 2.18. The Morgan fingerprint density at radius 2 is 0.929 bits per heavy atom. The molecule has 0 saturated carbocycles. The summed E-state index contributed by atoms with van der Waals surface area (Å²) in [5.74, 6) is 0. The topological polar surface area (TPSA) is 4.93 Å². The molecule has 0 N–H and O–H groups in total. The molecule has 0 aliphatic rings. The zero-order valence-corrected chi connectivity index (χ0v) is 16.8. The number of aryl methyl sites for hydroxylation is 1. The minimum atomic E-state index is 1.36. The van der Waals surface area contributed by atoms with E-state index in [1.807, 2.05) is 22.7 Å². The number of rotatable bonds is 0. The number of hydrogen-bond acceptors (Lipinski definition) is 2. The zero-order valence-electron chi connectivity index (χ0n) is 15.2. The molecule has 0 amide bonds. The van der Waals surface area contributed by atoms with E-state index in [2.05, 4.69) is 84.4 Å². The Balaban J connectivity index is 1.76. The van der Waals surface area contributed by atoms with E-state index in [0.29, 0.717) is 0 Å². The monoisotopic (exact) mass is 393 g/mol. The molecule has 0 aliphatic heterocycles. The third-order valence-electron chi connectivity index (χ3n) is 6.00. The van der Waals surface area contributed by atoms with Crippen LogP contribution in [0.1, 0.15) is 0 Å². The van der Waals surface area contributed by atoms with Crippen molar-refractivity contribution in [2.45, 2.75) is 0 Å². The highest BCUT2D eigenvalue weighted by molar-refractivity contribution is 7.27. The molecule has 0 fully saturated rings. The molecule has 0 atom stereocenters. The Morgan fingerprint density at radius 3 is 1.43 bits per heavy atom. The molecule has 0 spiro atoms. The maximum Gasteiger partial charge on any atom is 0.0670 e. The van der Waals surface area contributed by atoms with Crippen LogP contribution in [0.15, 0.2) is 72.8 Å². The predicted octanol–water partition coefficient (Wildman–Crippen LogP) is 8.07. The summed E-state index contributed by atoms with van der Waals surface area (Å²) in [6.07, 6.45) is 0. The average Bonchev–Trinajstić information content (AvgIpc) is 3.37. The van der Waals surface area contributed by atoms with Crippen LogP contribution in [0, 0.1) is 0 Å². The molecule has 4 aromatic carbocycles. The molecular weight excluding hydrogens is 378 g/mol. The van der Waals surface area contributed by atoms with Gasteiger partial charge in [0.25, 0.3) is 0 Å². The fourth-order valence-electron chi connectivity index (χ4n) is 4.76. The molecule has 3 heterocycles. The van der Waals surface area contributed by atoms with Crippen LogP contribution in [0.25, 0.3) is 62.2 Å². The fraction of sp³-hybridized carbons (Fsp3) is 0.0400. The molecule has 0 saturated heterocycles. The Bertz CT molecular complexity index is 1600. The lowest BCUT2D eigenvalue weighted by atomic mass is 10.1. The first-order chi connectivity index (χ1) is 13.8. The van der Waals surface area contributed by atoms with E-state index in [4.69, 9.17) is 0 Å². The van der Waals surface area contributed by atoms with E-state index in [9.17, 15) is 0 Å². The fourth-order valence-corrected chi connectivity index (χ4v) is 7.33. The third kappa shape index (κ3) is 1.72. The average molecular weight is 394 g/mol. The Hall–Kier alpha value is -2.88. The van der Waals surface area contributed by atoms with Gasteiger partial charge in [0.05, 0.1) is 20.4 Å². The maximum atomic E-state index is 2.43. The zero-order chi connectivity index (χ0) is 18.4. The lowest BCUT2D eigenvalue weighted by Gasteiger charge is -2.00. The second-order valence-corrected chi connectivity index (χ2v) is 9.54. The van der Waals surface area contributed by atoms with Crippen LogP contribution < -0.4 is 0 Å². The van der Waals surface area contributed by atoms with Crippen molar-refractivity contribution in [3.63, 3.8) is 0 Å². The van der Waals surface area contributed by atoms with Crippen molar-refractivity contribution in [1.29, 1.82) is 0 Å². The number of thiophene rings is 2. The summed E-state index contributed by atoms with van der Waals surface area (Å²) in [6, 6.07) is 26.8. The van der Waals surface area contributed by atoms with Gasteiger partial charge in [-0.25, -0.2) is 0 Å². The van der Waals surface area contributed by atoms with Crippen molar-refractivity contribution in [2.75, 3.05) is 0 Å². The number of hydrogen-bond donors (Lipinski definition) is 0. The summed E-state index contributed by atoms with van der Waals surface area (Å²) >= 11 is 3.83. The van der Waals surface area contributed by atoms with E-state index in [1.54, 1.807) is 0 Å². The summed E-state index contributed by atoms with van der Waals surface area (Å²) < 4.78 is 7.95. The van der Waals surface area contributed by atoms with Crippen molar-refractivity contribution in [3.05, 3.63) is 72.8 Å². The molecule has 132 valence electrons. The van der Waals surface area contributed by atoms with Crippen molar-refractivity contribution >= 4 is 84.8 Å². The smallest absolute Gasteiger partial charge is 0.0670 e. The van der Waals surface area contributed by atoms with Crippen LogP contribution in [0.2, 0.25) is 0 Å². The molecule has 0 unspecified atom stereocenters. The maximum absolute atomic E-state index is 2.43. The van der Waals surface area contributed by atoms with Gasteiger partial charge in [0.1, 0.15) is 0 Å². The van der Waals surface area contributed by atoms with Gasteiger partial charge in [-0.15, -0.1) is 22.7 Å². The van der Waals surface area contributed by atoms with Gasteiger partial charge in [-0.3, -0.25) is 0 Å². The summed E-state index contributed by atoms with van der Waals surface area (Å²) in [6.45, 7) is 0. The first-order valence-electron chi connectivity index (χ1n) is 9.44. The Morgan fingerprint density at radius 1 is 0.500 bits per heavy atom. The third-order valence-corrected chi connectivity index (χ3v) is 8.39. The molecule has 0 aliphatic carbocycles. The van der Waals surface area contributed by atoms with Gasteiger partial charge in [-0.2, -0.15) is 0 Å². The summed E-state index contributed by atoms with van der Waals surface area (Å²) in [4.78, 5) is 0.